The quantitative estimate of drug-likeness (QED) is 0.550. The summed E-state index contributed by atoms with van der Waals surface area (Å²) in [5.74, 6) is -1.26. The Bertz CT molecular complexity index is 277. The van der Waals surface area contributed by atoms with Gasteiger partial charge in [-0.25, -0.2) is 9.59 Å². The van der Waals surface area contributed by atoms with Crippen molar-refractivity contribution in [3.63, 3.8) is 0 Å². The van der Waals surface area contributed by atoms with Gasteiger partial charge >= 0.3 is 12.0 Å². The molecule has 2 amide bonds. The van der Waals surface area contributed by atoms with Gasteiger partial charge in [-0.05, 0) is 18.8 Å². The zero-order valence-corrected chi connectivity index (χ0v) is 10.8. The Kier molecular flexibility index (Phi) is 5.95. The van der Waals surface area contributed by atoms with Gasteiger partial charge < -0.3 is 20.8 Å². The van der Waals surface area contributed by atoms with Crippen molar-refractivity contribution in [1.82, 2.24) is 10.6 Å². The summed E-state index contributed by atoms with van der Waals surface area (Å²) in [6.45, 7) is 7.76. The lowest BCUT2D eigenvalue weighted by Gasteiger charge is -2.24. The molecule has 0 aromatic heterocycles. The highest BCUT2D eigenvalue weighted by molar-refractivity contribution is 5.82. The van der Waals surface area contributed by atoms with Crippen molar-refractivity contribution in [3.8, 4) is 0 Å². The number of aliphatic carboxylic acids is 1. The van der Waals surface area contributed by atoms with Gasteiger partial charge in [-0.15, -0.1) is 0 Å². The molecular formula is C11H22N2O4. The molecular weight excluding hydrogens is 224 g/mol. The molecule has 4 N–H and O–H groups in total. The van der Waals surface area contributed by atoms with Crippen LogP contribution in [0.25, 0.3) is 0 Å². The van der Waals surface area contributed by atoms with E-state index < -0.39 is 24.1 Å². The monoisotopic (exact) mass is 246 g/mol. The van der Waals surface area contributed by atoms with Crippen LogP contribution in [0.1, 0.15) is 34.1 Å². The average Bonchev–Trinajstić information content (AvgIpc) is 2.22. The zero-order valence-electron chi connectivity index (χ0n) is 10.8. The van der Waals surface area contributed by atoms with Crippen molar-refractivity contribution < 1.29 is 19.8 Å². The number of carbonyl (C=O) groups excluding carboxylic acids is 1. The molecule has 0 heterocycles. The molecule has 0 aliphatic heterocycles. The molecule has 6 heteroatoms. The molecule has 0 spiro atoms. The normalized spacial score (nSPS) is 14.9. The van der Waals surface area contributed by atoms with E-state index in [1.54, 1.807) is 0 Å². The molecule has 0 aliphatic rings. The van der Waals surface area contributed by atoms with Crippen molar-refractivity contribution in [2.75, 3.05) is 6.54 Å². The number of nitrogens with one attached hydrogen (secondary N) is 2. The molecule has 0 bridgehead atoms. The molecule has 100 valence electrons. The van der Waals surface area contributed by atoms with Crippen LogP contribution in [0.5, 0.6) is 0 Å². The predicted octanol–water partition coefficient (Wildman–Crippen LogP) is 0.556. The number of urea groups is 1. The van der Waals surface area contributed by atoms with E-state index in [4.69, 9.17) is 5.11 Å². The molecule has 0 saturated carbocycles. The molecule has 0 aromatic rings. The second kappa shape index (κ2) is 6.44. The lowest BCUT2D eigenvalue weighted by atomic mass is 9.90. The standard InChI is InChI=1S/C11H22N2O4/c1-5-11(3,4)6-12-10(17)13-8(7(2)14)9(15)16/h7-8,14H,5-6H2,1-4H3,(H,15,16)(H2,12,13,17)/t7-,8+/m1/s1. The van der Waals surface area contributed by atoms with Crippen LogP contribution in [0.4, 0.5) is 4.79 Å². The minimum atomic E-state index is -1.29. The van der Waals surface area contributed by atoms with Crippen molar-refractivity contribution in [2.45, 2.75) is 46.3 Å². The van der Waals surface area contributed by atoms with Gasteiger partial charge in [0.2, 0.25) is 0 Å². The molecule has 0 aromatic carbocycles. The Hall–Kier alpha value is -1.30. The van der Waals surface area contributed by atoms with E-state index in [9.17, 15) is 14.7 Å². The Labute approximate surface area is 101 Å². The molecule has 0 fully saturated rings. The van der Waals surface area contributed by atoms with Gasteiger partial charge in [0, 0.05) is 6.54 Å². The summed E-state index contributed by atoms with van der Waals surface area (Å²) in [6.07, 6.45) is -0.246. The van der Waals surface area contributed by atoms with E-state index in [0.717, 1.165) is 6.42 Å². The summed E-state index contributed by atoms with van der Waals surface area (Å²) >= 11 is 0. The molecule has 17 heavy (non-hydrogen) atoms. The number of carboxylic acid groups (broad SMARTS) is 1. The Balaban J connectivity index is 4.21. The van der Waals surface area contributed by atoms with Crippen molar-refractivity contribution >= 4 is 12.0 Å². The number of rotatable bonds is 6. The van der Waals surface area contributed by atoms with Gasteiger partial charge in [0.05, 0.1) is 6.10 Å². The van der Waals surface area contributed by atoms with Gasteiger partial charge in [0.15, 0.2) is 6.04 Å². The minimum Gasteiger partial charge on any atom is -0.480 e. The second-order valence-electron chi connectivity index (χ2n) is 4.90. The van der Waals surface area contributed by atoms with Crippen LogP contribution >= 0.6 is 0 Å². The average molecular weight is 246 g/mol. The van der Waals surface area contributed by atoms with E-state index in [1.165, 1.54) is 6.92 Å². The minimum absolute atomic E-state index is 0.0408. The number of hydrogen-bond donors (Lipinski definition) is 4. The van der Waals surface area contributed by atoms with E-state index in [2.05, 4.69) is 10.6 Å². The molecule has 0 rings (SSSR count). The Morgan fingerprint density at radius 2 is 1.88 bits per heavy atom. The lowest BCUT2D eigenvalue weighted by molar-refractivity contribution is -0.141. The second-order valence-corrected chi connectivity index (χ2v) is 4.90. The third kappa shape index (κ3) is 6.11. The fourth-order valence-corrected chi connectivity index (χ4v) is 1.03. The molecule has 0 aliphatic carbocycles. The van der Waals surface area contributed by atoms with Gasteiger partial charge in [0.25, 0.3) is 0 Å². The SMILES string of the molecule is CCC(C)(C)CNC(=O)N[C@H](C(=O)O)[C@@H](C)O. The van der Waals surface area contributed by atoms with Crippen LogP contribution < -0.4 is 10.6 Å². The van der Waals surface area contributed by atoms with Gasteiger partial charge in [-0.3, -0.25) is 0 Å². The summed E-state index contributed by atoms with van der Waals surface area (Å²) in [5, 5.41) is 22.7. The van der Waals surface area contributed by atoms with Crippen molar-refractivity contribution in [1.29, 1.82) is 0 Å². The van der Waals surface area contributed by atoms with E-state index >= 15 is 0 Å². The van der Waals surface area contributed by atoms with Gasteiger partial charge in [0.1, 0.15) is 0 Å². The number of aliphatic hydroxyl groups is 1. The number of carbonyl (C=O) groups is 2. The first-order valence-electron chi connectivity index (χ1n) is 5.65. The summed E-state index contributed by atoms with van der Waals surface area (Å²) in [5.41, 5.74) is -0.0408. The van der Waals surface area contributed by atoms with Crippen molar-refractivity contribution in [3.05, 3.63) is 0 Å². The summed E-state index contributed by atoms with van der Waals surface area (Å²) in [4.78, 5) is 22.2. The molecule has 6 nitrogen and oxygen atoms in total. The van der Waals surface area contributed by atoms with Gasteiger partial charge in [-0.1, -0.05) is 20.8 Å². The first kappa shape index (κ1) is 15.7. The molecule has 0 unspecified atom stereocenters. The molecule has 2 atom stereocenters. The Morgan fingerprint density at radius 1 is 1.35 bits per heavy atom. The van der Waals surface area contributed by atoms with Crippen LogP contribution in [0.2, 0.25) is 0 Å². The fourth-order valence-electron chi connectivity index (χ4n) is 1.03. The molecule has 0 radical (unpaired) electrons. The fraction of sp³-hybridized carbons (Fsp3) is 0.818. The maximum absolute atomic E-state index is 11.4. The largest absolute Gasteiger partial charge is 0.480 e. The van der Waals surface area contributed by atoms with Crippen molar-refractivity contribution in [2.24, 2.45) is 5.41 Å². The van der Waals surface area contributed by atoms with Crippen LogP contribution in [-0.4, -0.2) is 40.9 Å². The maximum Gasteiger partial charge on any atom is 0.328 e. The van der Waals surface area contributed by atoms with Gasteiger partial charge in [-0.2, -0.15) is 0 Å². The van der Waals surface area contributed by atoms with E-state index in [-0.39, 0.29) is 5.41 Å². The highest BCUT2D eigenvalue weighted by Gasteiger charge is 2.25. The number of hydrogen-bond acceptors (Lipinski definition) is 3. The zero-order chi connectivity index (χ0) is 13.6. The maximum atomic E-state index is 11.4. The first-order chi connectivity index (χ1) is 7.69. The molecule has 0 saturated heterocycles. The van der Waals surface area contributed by atoms with Crippen LogP contribution in [0.15, 0.2) is 0 Å². The third-order valence-electron chi connectivity index (χ3n) is 2.72. The van der Waals surface area contributed by atoms with E-state index in [1.807, 2.05) is 20.8 Å². The van der Waals surface area contributed by atoms with E-state index in [0.29, 0.717) is 6.54 Å². The van der Waals surface area contributed by atoms with Crippen LogP contribution in [0.3, 0.4) is 0 Å². The smallest absolute Gasteiger partial charge is 0.328 e. The topological polar surface area (TPSA) is 98.7 Å². The van der Waals surface area contributed by atoms with Crippen LogP contribution in [-0.2, 0) is 4.79 Å². The summed E-state index contributed by atoms with van der Waals surface area (Å²) in [7, 11) is 0. The summed E-state index contributed by atoms with van der Waals surface area (Å²) in [6, 6.07) is -1.88. The van der Waals surface area contributed by atoms with Crippen LogP contribution in [0, 0.1) is 5.41 Å². The first-order valence-corrected chi connectivity index (χ1v) is 5.65. The number of carboxylic acids is 1. The third-order valence-corrected chi connectivity index (χ3v) is 2.72. The number of aliphatic hydroxyl groups excluding tert-OH is 1. The Morgan fingerprint density at radius 3 is 2.24 bits per heavy atom. The highest BCUT2D eigenvalue weighted by atomic mass is 16.4. The predicted molar refractivity (Wildman–Crippen MR) is 63.7 cm³/mol. The number of amides is 2. The lowest BCUT2D eigenvalue weighted by Crippen LogP contribution is -2.52. The highest BCUT2D eigenvalue weighted by Crippen LogP contribution is 2.17. The summed E-state index contributed by atoms with van der Waals surface area (Å²) < 4.78 is 0.